The first kappa shape index (κ1) is 17.4. The predicted octanol–water partition coefficient (Wildman–Crippen LogP) is 1.82. The van der Waals surface area contributed by atoms with Crippen molar-refractivity contribution in [3.63, 3.8) is 0 Å². The van der Waals surface area contributed by atoms with Gasteiger partial charge in [0.05, 0.1) is 16.5 Å². The fourth-order valence-corrected chi connectivity index (χ4v) is 5.07. The molecular formula is C15H19ClFN3O3S. The Hall–Kier alpha value is -1.38. The summed E-state index contributed by atoms with van der Waals surface area (Å²) in [5.41, 5.74) is 0.440. The molecule has 2 amide bonds. The average Bonchev–Trinajstić information content (AvgIpc) is 2.91. The maximum atomic E-state index is 13.1. The quantitative estimate of drug-likeness (QED) is 0.856. The number of nitrogens with one attached hydrogen (secondary N) is 1. The second-order valence-electron chi connectivity index (χ2n) is 6.14. The zero-order chi connectivity index (χ0) is 17.3. The van der Waals surface area contributed by atoms with Crippen molar-refractivity contribution in [3.8, 4) is 0 Å². The molecule has 24 heavy (non-hydrogen) atoms. The standard InChI is InChI=1S/C15H19ClFN3O3S/c16-13-9-11(1-2-14(13)17)18-15(21)20-6-4-19(5-7-20)12-3-8-24(22,23)10-12/h1-2,9,12H,3-8,10H2,(H,18,21). The molecule has 2 saturated heterocycles. The first-order valence-corrected chi connectivity index (χ1v) is 9.99. The molecule has 1 unspecified atom stereocenters. The van der Waals surface area contributed by atoms with Crippen LogP contribution in [0.5, 0.6) is 0 Å². The maximum Gasteiger partial charge on any atom is 0.321 e. The molecule has 9 heteroatoms. The summed E-state index contributed by atoms with van der Waals surface area (Å²) < 4.78 is 36.3. The number of benzene rings is 1. The smallest absolute Gasteiger partial charge is 0.321 e. The van der Waals surface area contributed by atoms with Crippen molar-refractivity contribution in [3.05, 3.63) is 29.0 Å². The molecule has 132 valence electrons. The van der Waals surface area contributed by atoms with E-state index in [1.54, 1.807) is 4.90 Å². The normalized spacial score (nSPS) is 24.1. The summed E-state index contributed by atoms with van der Waals surface area (Å²) in [7, 11) is -2.90. The van der Waals surface area contributed by atoms with E-state index in [2.05, 4.69) is 10.2 Å². The van der Waals surface area contributed by atoms with Gasteiger partial charge in [-0.3, -0.25) is 4.90 Å². The van der Waals surface area contributed by atoms with Gasteiger partial charge >= 0.3 is 6.03 Å². The van der Waals surface area contributed by atoms with Crippen LogP contribution in [0.1, 0.15) is 6.42 Å². The minimum atomic E-state index is -2.90. The van der Waals surface area contributed by atoms with E-state index < -0.39 is 15.7 Å². The Balaban J connectivity index is 1.52. The van der Waals surface area contributed by atoms with Crippen molar-refractivity contribution < 1.29 is 17.6 Å². The number of sulfone groups is 1. The lowest BCUT2D eigenvalue weighted by Crippen LogP contribution is -2.53. The molecule has 2 heterocycles. The fraction of sp³-hybridized carbons (Fsp3) is 0.533. The van der Waals surface area contributed by atoms with Gasteiger partial charge in [0, 0.05) is 37.9 Å². The zero-order valence-electron chi connectivity index (χ0n) is 13.0. The summed E-state index contributed by atoms with van der Waals surface area (Å²) in [6.07, 6.45) is 0.669. The number of halogens is 2. The summed E-state index contributed by atoms with van der Waals surface area (Å²) in [6, 6.07) is 3.83. The number of amides is 2. The molecule has 1 atom stereocenters. The molecule has 0 saturated carbocycles. The van der Waals surface area contributed by atoms with Crippen LogP contribution in [0, 0.1) is 5.82 Å². The number of carbonyl (C=O) groups is 1. The summed E-state index contributed by atoms with van der Waals surface area (Å²) in [4.78, 5) is 16.1. The van der Waals surface area contributed by atoms with E-state index in [1.807, 2.05) is 0 Å². The Morgan fingerprint density at radius 3 is 2.54 bits per heavy atom. The van der Waals surface area contributed by atoms with Gasteiger partial charge in [-0.2, -0.15) is 0 Å². The van der Waals surface area contributed by atoms with Gasteiger partial charge in [0.25, 0.3) is 0 Å². The molecule has 0 aliphatic carbocycles. The third kappa shape index (κ3) is 3.99. The molecule has 2 aliphatic rings. The molecule has 1 aromatic carbocycles. The van der Waals surface area contributed by atoms with Crippen molar-refractivity contribution >= 4 is 33.2 Å². The van der Waals surface area contributed by atoms with Gasteiger partial charge in [0.1, 0.15) is 5.82 Å². The van der Waals surface area contributed by atoms with Crippen LogP contribution in [0.2, 0.25) is 5.02 Å². The van der Waals surface area contributed by atoms with Crippen molar-refractivity contribution in [1.82, 2.24) is 9.80 Å². The first-order valence-electron chi connectivity index (χ1n) is 7.79. The van der Waals surface area contributed by atoms with E-state index in [4.69, 9.17) is 11.6 Å². The molecule has 2 aliphatic heterocycles. The molecule has 3 rings (SSSR count). The van der Waals surface area contributed by atoms with Gasteiger partial charge < -0.3 is 10.2 Å². The Labute approximate surface area is 145 Å². The number of urea groups is 1. The fourth-order valence-electron chi connectivity index (χ4n) is 3.13. The highest BCUT2D eigenvalue weighted by atomic mass is 35.5. The largest absolute Gasteiger partial charge is 0.322 e. The van der Waals surface area contributed by atoms with E-state index in [1.165, 1.54) is 18.2 Å². The summed E-state index contributed by atoms with van der Waals surface area (Å²) >= 11 is 5.70. The molecule has 0 aromatic heterocycles. The summed E-state index contributed by atoms with van der Waals surface area (Å²) in [5, 5.41) is 2.66. The van der Waals surface area contributed by atoms with Crippen LogP contribution in [0.3, 0.4) is 0 Å². The van der Waals surface area contributed by atoms with Gasteiger partial charge in [-0.15, -0.1) is 0 Å². The highest BCUT2D eigenvalue weighted by molar-refractivity contribution is 7.91. The SMILES string of the molecule is O=C(Nc1ccc(F)c(Cl)c1)N1CCN(C2CCS(=O)(=O)C2)CC1. The van der Waals surface area contributed by atoms with E-state index >= 15 is 0 Å². The van der Waals surface area contributed by atoms with Gasteiger partial charge in [-0.25, -0.2) is 17.6 Å². The third-order valence-electron chi connectivity index (χ3n) is 4.50. The molecule has 1 aromatic rings. The molecule has 6 nitrogen and oxygen atoms in total. The summed E-state index contributed by atoms with van der Waals surface area (Å²) in [6.45, 7) is 2.35. The van der Waals surface area contributed by atoms with Crippen molar-refractivity contribution in [1.29, 1.82) is 0 Å². The number of rotatable bonds is 2. The summed E-state index contributed by atoms with van der Waals surface area (Å²) in [5.74, 6) is -0.0634. The zero-order valence-corrected chi connectivity index (χ0v) is 14.6. The Bertz CT molecular complexity index is 735. The van der Waals surface area contributed by atoms with Crippen LogP contribution in [-0.2, 0) is 9.84 Å². The van der Waals surface area contributed by atoms with Crippen molar-refractivity contribution in [2.24, 2.45) is 0 Å². The van der Waals surface area contributed by atoms with Crippen LogP contribution in [0.4, 0.5) is 14.9 Å². The predicted molar refractivity (Wildman–Crippen MR) is 90.6 cm³/mol. The topological polar surface area (TPSA) is 69.7 Å². The van der Waals surface area contributed by atoms with Crippen molar-refractivity contribution in [2.75, 3.05) is 43.0 Å². The highest BCUT2D eigenvalue weighted by Gasteiger charge is 2.34. The lowest BCUT2D eigenvalue weighted by molar-refractivity contribution is 0.121. The monoisotopic (exact) mass is 375 g/mol. The lowest BCUT2D eigenvalue weighted by atomic mass is 10.2. The number of nitrogens with zero attached hydrogens (tertiary/aromatic N) is 2. The lowest BCUT2D eigenvalue weighted by Gasteiger charge is -2.37. The first-order chi connectivity index (χ1) is 11.3. The Morgan fingerprint density at radius 1 is 1.25 bits per heavy atom. The second-order valence-corrected chi connectivity index (χ2v) is 8.77. The van der Waals surface area contributed by atoms with Crippen LogP contribution < -0.4 is 5.32 Å². The van der Waals surface area contributed by atoms with Gasteiger partial charge in [0.2, 0.25) is 0 Å². The van der Waals surface area contributed by atoms with E-state index in [0.29, 0.717) is 38.3 Å². The average molecular weight is 376 g/mol. The number of carbonyl (C=O) groups excluding carboxylic acids is 1. The number of piperazine rings is 1. The number of hydrogen-bond donors (Lipinski definition) is 1. The molecule has 1 N–H and O–H groups in total. The van der Waals surface area contributed by atoms with Crippen molar-refractivity contribution in [2.45, 2.75) is 12.5 Å². The van der Waals surface area contributed by atoms with E-state index in [9.17, 15) is 17.6 Å². The van der Waals surface area contributed by atoms with Gasteiger partial charge in [0.15, 0.2) is 9.84 Å². The third-order valence-corrected chi connectivity index (χ3v) is 6.54. The number of hydrogen-bond acceptors (Lipinski definition) is 4. The van der Waals surface area contributed by atoms with Gasteiger partial charge in [-0.05, 0) is 24.6 Å². The molecular weight excluding hydrogens is 357 g/mol. The van der Waals surface area contributed by atoms with Gasteiger partial charge in [-0.1, -0.05) is 11.6 Å². The van der Waals surface area contributed by atoms with Crippen LogP contribution in [0.15, 0.2) is 18.2 Å². The number of anilines is 1. The van der Waals surface area contributed by atoms with E-state index in [-0.39, 0.29) is 28.6 Å². The second kappa shape index (κ2) is 6.85. The highest BCUT2D eigenvalue weighted by Crippen LogP contribution is 2.21. The van der Waals surface area contributed by atoms with Crippen LogP contribution in [-0.4, -0.2) is 68.0 Å². The maximum absolute atomic E-state index is 13.1. The minimum absolute atomic E-state index is 0.0416. The Kier molecular flexibility index (Phi) is 4.98. The van der Waals surface area contributed by atoms with E-state index in [0.717, 1.165) is 0 Å². The molecule has 2 fully saturated rings. The van der Waals surface area contributed by atoms with Crippen LogP contribution in [0.25, 0.3) is 0 Å². The molecule has 0 spiro atoms. The van der Waals surface area contributed by atoms with Crippen LogP contribution >= 0.6 is 11.6 Å². The minimum Gasteiger partial charge on any atom is -0.322 e. The Morgan fingerprint density at radius 2 is 1.96 bits per heavy atom. The molecule has 0 radical (unpaired) electrons. The molecule has 0 bridgehead atoms.